The summed E-state index contributed by atoms with van der Waals surface area (Å²) in [5.74, 6) is -2.08. The monoisotopic (exact) mass is 290 g/mol. The van der Waals surface area contributed by atoms with Gasteiger partial charge in [0.1, 0.15) is 0 Å². The number of hydrazine groups is 1. The van der Waals surface area contributed by atoms with Crippen LogP contribution in [0.3, 0.4) is 0 Å². The van der Waals surface area contributed by atoms with Crippen molar-refractivity contribution < 1.29 is 14.4 Å². The number of halogens is 2. The lowest BCUT2D eigenvalue weighted by Gasteiger charge is -2.06. The molecule has 0 unspecified atom stereocenters. The lowest BCUT2D eigenvalue weighted by Crippen LogP contribution is -2.48. The van der Waals surface area contributed by atoms with E-state index in [0.717, 1.165) is 0 Å². The summed E-state index contributed by atoms with van der Waals surface area (Å²) in [6.45, 7) is 0. The molecular weight excluding hydrogens is 283 g/mol. The highest BCUT2D eigenvalue weighted by molar-refractivity contribution is 6.42. The molecule has 1 aromatic rings. The molecule has 1 aromatic carbocycles. The van der Waals surface area contributed by atoms with Crippen LogP contribution in [0.25, 0.3) is 0 Å². The summed E-state index contributed by atoms with van der Waals surface area (Å²) in [4.78, 5) is 32.8. The number of carbonyl (C=O) groups excluding carboxylic acids is 3. The van der Waals surface area contributed by atoms with Crippen LogP contribution in [0.15, 0.2) is 18.2 Å². The fraction of sp³-hybridized carbons (Fsp3) is 0. The van der Waals surface area contributed by atoms with Crippen LogP contribution >= 0.6 is 23.2 Å². The van der Waals surface area contributed by atoms with E-state index in [1.807, 2.05) is 0 Å². The number of benzene rings is 1. The van der Waals surface area contributed by atoms with Crippen LogP contribution in [-0.4, -0.2) is 17.8 Å². The number of hydrogen-bond acceptors (Lipinski definition) is 3. The largest absolute Gasteiger partial charge is 0.350 e. The van der Waals surface area contributed by atoms with Crippen LogP contribution < -0.4 is 21.9 Å². The van der Waals surface area contributed by atoms with Crippen LogP contribution in [-0.2, 0) is 9.59 Å². The zero-order valence-electron chi connectivity index (χ0n) is 8.79. The molecule has 7 nitrogen and oxygen atoms in total. The molecule has 18 heavy (non-hydrogen) atoms. The van der Waals surface area contributed by atoms with Crippen LogP contribution in [0.1, 0.15) is 0 Å². The third kappa shape index (κ3) is 4.11. The molecule has 0 spiro atoms. The second kappa shape index (κ2) is 6.08. The summed E-state index contributed by atoms with van der Waals surface area (Å²) in [5.41, 5.74) is 8.54. The molecule has 0 aliphatic heterocycles. The minimum absolute atomic E-state index is 0.227. The summed E-state index contributed by atoms with van der Waals surface area (Å²) in [6, 6.07) is 3.29. The van der Waals surface area contributed by atoms with E-state index >= 15 is 0 Å². The van der Waals surface area contributed by atoms with Gasteiger partial charge in [0.15, 0.2) is 0 Å². The number of urea groups is 1. The summed E-state index contributed by atoms with van der Waals surface area (Å²) < 4.78 is 0. The molecule has 4 amide bonds. The first kappa shape index (κ1) is 14.1. The molecule has 0 radical (unpaired) electrons. The van der Waals surface area contributed by atoms with Gasteiger partial charge in [-0.15, -0.1) is 0 Å². The van der Waals surface area contributed by atoms with E-state index in [-0.39, 0.29) is 10.7 Å². The Morgan fingerprint density at radius 1 is 1.00 bits per heavy atom. The van der Waals surface area contributed by atoms with E-state index in [9.17, 15) is 14.4 Å². The van der Waals surface area contributed by atoms with Crippen LogP contribution in [0.5, 0.6) is 0 Å². The molecule has 0 saturated carbocycles. The van der Waals surface area contributed by atoms with Gasteiger partial charge in [-0.1, -0.05) is 23.2 Å². The van der Waals surface area contributed by atoms with Crippen molar-refractivity contribution >= 4 is 46.7 Å². The van der Waals surface area contributed by atoms with Gasteiger partial charge in [-0.25, -0.2) is 10.2 Å². The van der Waals surface area contributed by atoms with E-state index in [0.29, 0.717) is 5.02 Å². The summed E-state index contributed by atoms with van der Waals surface area (Å²) >= 11 is 11.4. The number of nitrogens with two attached hydrogens (primary N) is 1. The third-order valence-corrected chi connectivity index (χ3v) is 2.42. The molecule has 96 valence electrons. The predicted octanol–water partition coefficient (Wildman–Crippen LogP) is 0.631. The van der Waals surface area contributed by atoms with Gasteiger partial charge in [-0.3, -0.25) is 15.0 Å². The number of carbonyl (C=O) groups is 3. The quantitative estimate of drug-likeness (QED) is 0.449. The fourth-order valence-corrected chi connectivity index (χ4v) is 1.23. The summed E-state index contributed by atoms with van der Waals surface area (Å²) in [7, 11) is 0. The lowest BCUT2D eigenvalue weighted by molar-refractivity contribution is -0.136. The molecular formula is C9H8Cl2N4O3. The Morgan fingerprint density at radius 2 is 1.67 bits per heavy atom. The summed E-state index contributed by atoms with van der Waals surface area (Å²) in [6.07, 6.45) is 0. The highest BCUT2D eigenvalue weighted by Crippen LogP contribution is 2.24. The number of amides is 4. The van der Waals surface area contributed by atoms with Gasteiger partial charge < -0.3 is 11.1 Å². The minimum Gasteiger partial charge on any atom is -0.350 e. The van der Waals surface area contributed by atoms with Crippen molar-refractivity contribution in [3.8, 4) is 0 Å². The SMILES string of the molecule is NC(=O)NNC(=O)C(=O)Nc1ccc(Cl)c(Cl)c1. The average Bonchev–Trinajstić information content (AvgIpc) is 2.30. The smallest absolute Gasteiger partial charge is 0.330 e. The topological polar surface area (TPSA) is 113 Å². The zero-order valence-corrected chi connectivity index (χ0v) is 10.3. The van der Waals surface area contributed by atoms with E-state index < -0.39 is 17.8 Å². The van der Waals surface area contributed by atoms with Gasteiger partial charge in [0.2, 0.25) is 0 Å². The van der Waals surface area contributed by atoms with E-state index in [1.54, 1.807) is 10.9 Å². The van der Waals surface area contributed by atoms with Crippen molar-refractivity contribution in [1.82, 2.24) is 10.9 Å². The number of primary amides is 1. The number of nitrogens with one attached hydrogen (secondary N) is 3. The molecule has 5 N–H and O–H groups in total. The third-order valence-electron chi connectivity index (χ3n) is 1.68. The maximum atomic E-state index is 11.3. The fourth-order valence-electron chi connectivity index (χ4n) is 0.937. The Hall–Kier alpha value is -1.99. The number of hydrogen-bond donors (Lipinski definition) is 4. The predicted molar refractivity (Wildman–Crippen MR) is 66.0 cm³/mol. The average molecular weight is 291 g/mol. The van der Waals surface area contributed by atoms with Gasteiger partial charge in [-0.05, 0) is 18.2 Å². The zero-order chi connectivity index (χ0) is 13.7. The highest BCUT2D eigenvalue weighted by Gasteiger charge is 2.14. The molecule has 0 bridgehead atoms. The second-order valence-corrected chi connectivity index (χ2v) is 3.84. The molecule has 0 atom stereocenters. The van der Waals surface area contributed by atoms with Gasteiger partial charge in [0.25, 0.3) is 0 Å². The van der Waals surface area contributed by atoms with Crippen molar-refractivity contribution in [2.45, 2.75) is 0 Å². The van der Waals surface area contributed by atoms with Crippen molar-refractivity contribution in [2.24, 2.45) is 5.73 Å². The first-order valence-electron chi connectivity index (χ1n) is 4.52. The standard InChI is InChI=1S/C9H8Cl2N4O3/c10-5-2-1-4(3-6(5)11)13-7(16)8(17)14-15-9(12)18/h1-3H,(H,13,16)(H,14,17)(H3,12,15,18). The van der Waals surface area contributed by atoms with Crippen molar-refractivity contribution in [1.29, 1.82) is 0 Å². The Morgan fingerprint density at radius 3 is 2.22 bits per heavy atom. The Kier molecular flexibility index (Phi) is 4.75. The highest BCUT2D eigenvalue weighted by atomic mass is 35.5. The number of rotatable bonds is 1. The first-order chi connectivity index (χ1) is 8.40. The first-order valence-corrected chi connectivity index (χ1v) is 5.27. The van der Waals surface area contributed by atoms with Crippen molar-refractivity contribution in [3.63, 3.8) is 0 Å². The molecule has 0 fully saturated rings. The molecule has 0 saturated heterocycles. The molecule has 1 rings (SSSR count). The molecule has 0 aliphatic carbocycles. The molecule has 0 aliphatic rings. The van der Waals surface area contributed by atoms with Crippen molar-refractivity contribution in [3.05, 3.63) is 28.2 Å². The van der Waals surface area contributed by atoms with E-state index in [1.165, 1.54) is 18.2 Å². The number of anilines is 1. The Bertz CT molecular complexity index is 507. The minimum atomic E-state index is -1.08. The van der Waals surface area contributed by atoms with Gasteiger partial charge in [-0.2, -0.15) is 0 Å². The Balaban J connectivity index is 2.61. The Labute approximate surface area is 112 Å². The van der Waals surface area contributed by atoms with Crippen LogP contribution in [0.2, 0.25) is 10.0 Å². The van der Waals surface area contributed by atoms with Gasteiger partial charge in [0.05, 0.1) is 10.0 Å². The van der Waals surface area contributed by atoms with Crippen molar-refractivity contribution in [2.75, 3.05) is 5.32 Å². The van der Waals surface area contributed by atoms with Crippen LogP contribution in [0, 0.1) is 0 Å². The molecule has 9 heteroatoms. The maximum Gasteiger partial charge on any atom is 0.330 e. The second-order valence-electron chi connectivity index (χ2n) is 3.03. The van der Waals surface area contributed by atoms with E-state index in [4.69, 9.17) is 28.9 Å². The summed E-state index contributed by atoms with van der Waals surface area (Å²) in [5, 5.41) is 2.79. The molecule has 0 heterocycles. The van der Waals surface area contributed by atoms with Gasteiger partial charge in [0, 0.05) is 5.69 Å². The lowest BCUT2D eigenvalue weighted by atomic mass is 10.3. The maximum absolute atomic E-state index is 11.3. The van der Waals surface area contributed by atoms with Gasteiger partial charge >= 0.3 is 17.8 Å². The van der Waals surface area contributed by atoms with E-state index in [2.05, 4.69) is 5.32 Å². The normalized spacial score (nSPS) is 9.44. The molecule has 0 aromatic heterocycles. The van der Waals surface area contributed by atoms with Crippen LogP contribution in [0.4, 0.5) is 10.5 Å².